The van der Waals surface area contributed by atoms with Crippen molar-refractivity contribution in [3.8, 4) is 0 Å². The van der Waals surface area contributed by atoms with E-state index in [0.29, 0.717) is 6.61 Å². The molecule has 1 atom stereocenters. The summed E-state index contributed by atoms with van der Waals surface area (Å²) >= 11 is 3.48. The average Bonchev–Trinajstić information content (AvgIpc) is 2.78. The highest BCUT2D eigenvalue weighted by Crippen LogP contribution is 2.35. The fourth-order valence-electron chi connectivity index (χ4n) is 2.89. The van der Waals surface area contributed by atoms with Gasteiger partial charge in [-0.05, 0) is 38.0 Å². The van der Waals surface area contributed by atoms with Gasteiger partial charge in [0.15, 0.2) is 5.54 Å². The van der Waals surface area contributed by atoms with Crippen LogP contribution in [0.4, 0.5) is 0 Å². The Balaban J connectivity index is 2.17. The van der Waals surface area contributed by atoms with Gasteiger partial charge < -0.3 is 9.72 Å². The normalized spacial score (nSPS) is 21.8. The topological polar surface area (TPSA) is 54.1 Å². The summed E-state index contributed by atoms with van der Waals surface area (Å²) in [6, 6.07) is 6.16. The Morgan fingerprint density at radius 2 is 2.30 bits per heavy atom. The van der Waals surface area contributed by atoms with Crippen LogP contribution in [0.15, 0.2) is 22.7 Å². The molecule has 1 aliphatic heterocycles. The summed E-state index contributed by atoms with van der Waals surface area (Å²) in [6.45, 7) is 4.86. The predicted molar refractivity (Wildman–Crippen MR) is 81.7 cm³/mol. The van der Waals surface area contributed by atoms with Gasteiger partial charge in [-0.25, -0.2) is 4.79 Å². The van der Waals surface area contributed by atoms with E-state index < -0.39 is 5.54 Å². The summed E-state index contributed by atoms with van der Waals surface area (Å²) < 4.78 is 6.25. The number of ether oxygens (including phenoxy) is 1. The molecule has 0 saturated carbocycles. The number of rotatable bonds is 2. The Morgan fingerprint density at radius 3 is 3.05 bits per heavy atom. The van der Waals surface area contributed by atoms with E-state index >= 15 is 0 Å². The number of nitrogens with one attached hydrogen (secondary N) is 2. The molecule has 4 nitrogen and oxygen atoms in total. The second-order valence-corrected chi connectivity index (χ2v) is 6.11. The predicted octanol–water partition coefficient (Wildman–Crippen LogP) is 2.85. The largest absolute Gasteiger partial charge is 0.464 e. The van der Waals surface area contributed by atoms with Crippen molar-refractivity contribution >= 4 is 32.8 Å². The maximum atomic E-state index is 12.3. The number of fused-ring (bicyclic) bond motifs is 3. The van der Waals surface area contributed by atoms with E-state index in [1.165, 1.54) is 10.9 Å². The van der Waals surface area contributed by atoms with E-state index in [0.717, 1.165) is 28.6 Å². The molecule has 3 rings (SSSR count). The standard InChI is InChI=1S/C15H17BrN2O2/c1-3-20-14(19)15(2)13-11(6-7-17-15)10-5-4-9(16)8-12(10)18-13/h4-5,8,17-18H,3,6-7H2,1-2H3. The number of halogens is 1. The highest BCUT2D eigenvalue weighted by molar-refractivity contribution is 9.10. The van der Waals surface area contributed by atoms with Crippen molar-refractivity contribution in [2.24, 2.45) is 0 Å². The van der Waals surface area contributed by atoms with Gasteiger partial charge >= 0.3 is 5.97 Å². The Bertz CT molecular complexity index is 680. The molecular formula is C15H17BrN2O2. The van der Waals surface area contributed by atoms with Crippen LogP contribution >= 0.6 is 15.9 Å². The summed E-state index contributed by atoms with van der Waals surface area (Å²) in [4.78, 5) is 15.7. The number of carbonyl (C=O) groups excluding carboxylic acids is 1. The number of H-pyrrole nitrogens is 1. The van der Waals surface area contributed by atoms with Crippen LogP contribution in [0.5, 0.6) is 0 Å². The number of hydrogen-bond acceptors (Lipinski definition) is 3. The molecule has 0 radical (unpaired) electrons. The summed E-state index contributed by atoms with van der Waals surface area (Å²) in [5.74, 6) is -0.230. The van der Waals surface area contributed by atoms with Crippen LogP contribution in [0, 0.1) is 0 Å². The SMILES string of the molecule is CCOC(=O)C1(C)NCCc2c1[nH]c1cc(Br)ccc21. The van der Waals surface area contributed by atoms with Gasteiger partial charge in [0.1, 0.15) is 0 Å². The van der Waals surface area contributed by atoms with Gasteiger partial charge in [0.25, 0.3) is 0 Å². The highest BCUT2D eigenvalue weighted by Gasteiger charge is 2.42. The number of benzene rings is 1. The molecule has 0 spiro atoms. The smallest absolute Gasteiger partial charge is 0.332 e. The third-order valence-corrected chi connectivity index (χ3v) is 4.40. The highest BCUT2D eigenvalue weighted by atomic mass is 79.9. The summed E-state index contributed by atoms with van der Waals surface area (Å²) in [6.07, 6.45) is 0.909. The number of aromatic nitrogens is 1. The van der Waals surface area contributed by atoms with Gasteiger partial charge in [0.2, 0.25) is 0 Å². The maximum absolute atomic E-state index is 12.3. The van der Waals surface area contributed by atoms with E-state index in [4.69, 9.17) is 4.74 Å². The van der Waals surface area contributed by atoms with Crippen LogP contribution in [0.2, 0.25) is 0 Å². The van der Waals surface area contributed by atoms with E-state index in [1.807, 2.05) is 26.0 Å². The lowest BCUT2D eigenvalue weighted by Gasteiger charge is -2.32. The third kappa shape index (κ3) is 1.96. The first-order chi connectivity index (χ1) is 9.56. The first-order valence-corrected chi connectivity index (χ1v) is 7.58. The van der Waals surface area contributed by atoms with Crippen molar-refractivity contribution in [1.82, 2.24) is 10.3 Å². The zero-order valence-electron chi connectivity index (χ0n) is 11.5. The van der Waals surface area contributed by atoms with Crippen molar-refractivity contribution in [2.45, 2.75) is 25.8 Å². The molecule has 0 amide bonds. The van der Waals surface area contributed by atoms with Crippen molar-refractivity contribution in [1.29, 1.82) is 0 Å². The summed E-state index contributed by atoms with van der Waals surface area (Å²) in [5, 5.41) is 4.48. The van der Waals surface area contributed by atoms with Crippen LogP contribution in [-0.2, 0) is 21.5 Å². The van der Waals surface area contributed by atoms with Gasteiger partial charge in [-0.15, -0.1) is 0 Å². The number of esters is 1. The molecule has 106 valence electrons. The molecule has 1 aromatic heterocycles. The lowest BCUT2D eigenvalue weighted by atomic mass is 9.88. The molecule has 0 bridgehead atoms. The van der Waals surface area contributed by atoms with E-state index in [9.17, 15) is 4.79 Å². The molecule has 0 fully saturated rings. The number of aromatic amines is 1. The lowest BCUT2D eigenvalue weighted by molar-refractivity contribution is -0.151. The molecule has 5 heteroatoms. The lowest BCUT2D eigenvalue weighted by Crippen LogP contribution is -2.51. The van der Waals surface area contributed by atoms with Gasteiger partial charge in [-0.2, -0.15) is 0 Å². The van der Waals surface area contributed by atoms with Gasteiger partial charge in [-0.1, -0.05) is 22.0 Å². The average molecular weight is 337 g/mol. The molecular weight excluding hydrogens is 320 g/mol. The van der Waals surface area contributed by atoms with Gasteiger partial charge in [0.05, 0.1) is 12.3 Å². The van der Waals surface area contributed by atoms with Crippen molar-refractivity contribution in [2.75, 3.05) is 13.2 Å². The zero-order chi connectivity index (χ0) is 14.3. The number of hydrogen-bond donors (Lipinski definition) is 2. The summed E-state index contributed by atoms with van der Waals surface area (Å²) in [7, 11) is 0. The quantitative estimate of drug-likeness (QED) is 0.829. The second kappa shape index (κ2) is 4.90. The van der Waals surface area contributed by atoms with Crippen molar-refractivity contribution in [3.05, 3.63) is 33.9 Å². The van der Waals surface area contributed by atoms with Crippen molar-refractivity contribution < 1.29 is 9.53 Å². The Morgan fingerprint density at radius 1 is 1.50 bits per heavy atom. The molecule has 2 heterocycles. The number of carbonyl (C=O) groups is 1. The van der Waals surface area contributed by atoms with Gasteiger partial charge in [-0.3, -0.25) is 5.32 Å². The molecule has 0 aliphatic carbocycles. The van der Waals surface area contributed by atoms with Crippen LogP contribution in [0.3, 0.4) is 0 Å². The molecule has 2 N–H and O–H groups in total. The van der Waals surface area contributed by atoms with E-state index in [2.05, 4.69) is 32.3 Å². The second-order valence-electron chi connectivity index (χ2n) is 5.19. The molecule has 1 aromatic carbocycles. The Labute approximate surface area is 126 Å². The molecule has 1 unspecified atom stereocenters. The summed E-state index contributed by atoms with van der Waals surface area (Å²) in [5.41, 5.74) is 2.38. The monoisotopic (exact) mass is 336 g/mol. The van der Waals surface area contributed by atoms with Crippen LogP contribution in [0.1, 0.15) is 25.1 Å². The first kappa shape index (κ1) is 13.6. The zero-order valence-corrected chi connectivity index (χ0v) is 13.1. The minimum Gasteiger partial charge on any atom is -0.464 e. The molecule has 0 saturated heterocycles. The molecule has 2 aromatic rings. The minimum atomic E-state index is -0.797. The molecule has 1 aliphatic rings. The van der Waals surface area contributed by atoms with E-state index in [1.54, 1.807) is 0 Å². The van der Waals surface area contributed by atoms with Gasteiger partial charge in [0, 0.05) is 21.9 Å². The minimum absolute atomic E-state index is 0.230. The van der Waals surface area contributed by atoms with Crippen LogP contribution in [0.25, 0.3) is 10.9 Å². The first-order valence-electron chi connectivity index (χ1n) is 6.79. The van der Waals surface area contributed by atoms with E-state index in [-0.39, 0.29) is 5.97 Å². The van der Waals surface area contributed by atoms with Crippen molar-refractivity contribution in [3.63, 3.8) is 0 Å². The van der Waals surface area contributed by atoms with Crippen LogP contribution in [-0.4, -0.2) is 24.1 Å². The Hall–Kier alpha value is -1.33. The fraction of sp³-hybridized carbons (Fsp3) is 0.400. The third-order valence-electron chi connectivity index (χ3n) is 3.91. The molecule has 20 heavy (non-hydrogen) atoms. The fourth-order valence-corrected chi connectivity index (χ4v) is 3.25. The Kier molecular flexibility index (Phi) is 3.34. The maximum Gasteiger partial charge on any atom is 0.332 e. The van der Waals surface area contributed by atoms with Crippen LogP contribution < -0.4 is 5.32 Å².